The zero-order chi connectivity index (χ0) is 28.3. The van der Waals surface area contributed by atoms with Crippen molar-refractivity contribution in [3.8, 4) is 11.5 Å². The third-order valence-corrected chi connectivity index (χ3v) is 14.0. The van der Waals surface area contributed by atoms with E-state index in [9.17, 15) is 0 Å². The van der Waals surface area contributed by atoms with Gasteiger partial charge in [0.1, 0.15) is 11.5 Å². The molecule has 202 valence electrons. The zero-order valence-corrected chi connectivity index (χ0v) is 24.8. The third kappa shape index (κ3) is 3.44. The molecule has 0 saturated heterocycles. The predicted octanol–water partition coefficient (Wildman–Crippen LogP) is 7.28. The fourth-order valence-electron chi connectivity index (χ4n) is 7.28. The molecule has 0 aromatic heterocycles. The lowest BCUT2D eigenvalue weighted by Gasteiger charge is -2.43. The average Bonchev–Trinajstić information content (AvgIpc) is 3.05. The van der Waals surface area contributed by atoms with Gasteiger partial charge < -0.3 is 9.64 Å². The van der Waals surface area contributed by atoms with Crippen molar-refractivity contribution in [3.63, 3.8) is 0 Å². The van der Waals surface area contributed by atoms with Crippen LogP contribution in [0, 0.1) is 0 Å². The molecule has 42 heavy (non-hydrogen) atoms. The van der Waals surface area contributed by atoms with Gasteiger partial charge >= 0.3 is 0 Å². The summed E-state index contributed by atoms with van der Waals surface area (Å²) in [4.78, 5) is 2.45. The third-order valence-electron chi connectivity index (χ3n) is 9.19. The molecule has 0 bridgehead atoms. The van der Waals surface area contributed by atoms with E-state index in [1.54, 1.807) is 0 Å². The Hall–Kier alpha value is -4.86. The minimum Gasteiger partial charge on any atom is -0.458 e. The first-order chi connectivity index (χ1) is 20.6. The normalized spacial score (nSPS) is 15.4. The van der Waals surface area contributed by atoms with Crippen molar-refractivity contribution < 1.29 is 4.74 Å². The van der Waals surface area contributed by atoms with Crippen LogP contribution in [-0.2, 0) is 5.41 Å². The SMILES string of the molecule is CC1(C)c2ccccc2N(c2ccc3c(c2)[Si](c2ccccc2)(c2ccccc2)c2ccccc2O3)c2ccccc21. The fraction of sp³-hybridized carbons (Fsp3) is 0.0769. The Bertz CT molecular complexity index is 1860. The van der Waals surface area contributed by atoms with Crippen molar-refractivity contribution in [2.24, 2.45) is 0 Å². The molecule has 0 fully saturated rings. The molecule has 0 unspecified atom stereocenters. The number of nitrogens with zero attached hydrogens (tertiary/aromatic N) is 1. The highest BCUT2D eigenvalue weighted by atomic mass is 28.3. The number of anilines is 3. The van der Waals surface area contributed by atoms with Crippen LogP contribution in [0.4, 0.5) is 17.1 Å². The maximum absolute atomic E-state index is 6.71. The molecule has 0 aliphatic carbocycles. The van der Waals surface area contributed by atoms with E-state index in [1.165, 1.54) is 43.2 Å². The Kier molecular flexibility index (Phi) is 5.53. The van der Waals surface area contributed by atoms with Crippen LogP contribution in [0.1, 0.15) is 25.0 Å². The van der Waals surface area contributed by atoms with E-state index in [4.69, 9.17) is 4.74 Å². The van der Waals surface area contributed by atoms with Gasteiger partial charge in [-0.3, -0.25) is 0 Å². The van der Waals surface area contributed by atoms with Crippen molar-refractivity contribution in [1.82, 2.24) is 0 Å². The highest BCUT2D eigenvalue weighted by Crippen LogP contribution is 2.51. The summed E-state index contributed by atoms with van der Waals surface area (Å²) >= 11 is 0. The van der Waals surface area contributed by atoms with Crippen LogP contribution in [-0.4, -0.2) is 8.07 Å². The van der Waals surface area contributed by atoms with Gasteiger partial charge in [-0.15, -0.1) is 0 Å². The molecule has 6 aromatic rings. The summed E-state index contributed by atoms with van der Waals surface area (Å²) in [6.45, 7) is 4.67. The van der Waals surface area contributed by atoms with Crippen LogP contribution in [0.2, 0.25) is 0 Å². The molecule has 2 heterocycles. The molecule has 0 spiro atoms. The van der Waals surface area contributed by atoms with Crippen LogP contribution < -0.4 is 30.4 Å². The number of hydrogen-bond donors (Lipinski definition) is 0. The van der Waals surface area contributed by atoms with Crippen LogP contribution >= 0.6 is 0 Å². The Balaban J connectivity index is 1.45. The first-order valence-corrected chi connectivity index (χ1v) is 16.6. The Labute approximate surface area is 248 Å². The number of fused-ring (bicyclic) bond motifs is 4. The highest BCUT2D eigenvalue weighted by molar-refractivity contribution is 7.20. The molecule has 0 atom stereocenters. The van der Waals surface area contributed by atoms with Gasteiger partial charge in [-0.05, 0) is 68.3 Å². The first-order valence-electron chi connectivity index (χ1n) is 14.6. The summed E-state index contributed by atoms with van der Waals surface area (Å²) in [5.41, 5.74) is 6.16. The smallest absolute Gasteiger partial charge is 0.188 e. The summed E-state index contributed by atoms with van der Waals surface area (Å²) < 4.78 is 6.71. The van der Waals surface area contributed by atoms with Gasteiger partial charge in [-0.25, -0.2) is 0 Å². The highest BCUT2D eigenvalue weighted by Gasteiger charge is 2.48. The summed E-state index contributed by atoms with van der Waals surface area (Å²) in [5, 5.41) is 5.26. The molecule has 3 heteroatoms. The molecular formula is C39H31NOSi. The van der Waals surface area contributed by atoms with Gasteiger partial charge in [0.15, 0.2) is 8.07 Å². The maximum Gasteiger partial charge on any atom is 0.188 e. The second kappa shape index (κ2) is 9.33. The van der Waals surface area contributed by atoms with E-state index in [-0.39, 0.29) is 5.41 Å². The molecule has 2 nitrogen and oxygen atoms in total. The van der Waals surface area contributed by atoms with Crippen molar-refractivity contribution in [2.45, 2.75) is 19.3 Å². The maximum atomic E-state index is 6.71. The van der Waals surface area contributed by atoms with Gasteiger partial charge in [-0.2, -0.15) is 0 Å². The summed E-state index contributed by atoms with van der Waals surface area (Å²) in [6, 6.07) is 55.4. The zero-order valence-electron chi connectivity index (χ0n) is 23.8. The lowest BCUT2D eigenvalue weighted by molar-refractivity contribution is 0.487. The molecule has 8 rings (SSSR count). The van der Waals surface area contributed by atoms with E-state index >= 15 is 0 Å². The van der Waals surface area contributed by atoms with E-state index in [2.05, 4.69) is 170 Å². The number of ether oxygens (including phenoxy) is 1. The van der Waals surface area contributed by atoms with Crippen LogP contribution in [0.5, 0.6) is 11.5 Å². The van der Waals surface area contributed by atoms with Gasteiger partial charge in [0.25, 0.3) is 0 Å². The number of hydrogen-bond acceptors (Lipinski definition) is 2. The van der Waals surface area contributed by atoms with Crippen LogP contribution in [0.3, 0.4) is 0 Å². The van der Waals surface area contributed by atoms with Crippen LogP contribution in [0.15, 0.2) is 152 Å². The van der Waals surface area contributed by atoms with Crippen molar-refractivity contribution in [3.05, 3.63) is 163 Å². The minimum absolute atomic E-state index is 0.105. The topological polar surface area (TPSA) is 12.5 Å². The van der Waals surface area contributed by atoms with E-state index in [0.29, 0.717) is 0 Å². The molecule has 0 radical (unpaired) electrons. The summed E-state index contributed by atoms with van der Waals surface area (Å²) in [6.07, 6.45) is 0. The Morgan fingerprint density at radius 2 is 1.00 bits per heavy atom. The fourth-order valence-corrected chi connectivity index (χ4v) is 12.3. The van der Waals surface area contributed by atoms with E-state index in [0.717, 1.165) is 17.2 Å². The molecule has 0 amide bonds. The number of rotatable bonds is 3. The molecule has 6 aromatic carbocycles. The lowest BCUT2D eigenvalue weighted by Crippen LogP contribution is -2.76. The Morgan fingerprint density at radius 3 is 1.62 bits per heavy atom. The molecule has 0 saturated carbocycles. The van der Waals surface area contributed by atoms with Gasteiger partial charge in [0.2, 0.25) is 0 Å². The van der Waals surface area contributed by atoms with Crippen molar-refractivity contribution in [2.75, 3.05) is 4.90 Å². The largest absolute Gasteiger partial charge is 0.458 e. The van der Waals surface area contributed by atoms with Gasteiger partial charge in [-0.1, -0.05) is 129 Å². The summed E-state index contributed by atoms with van der Waals surface area (Å²) in [5.74, 6) is 1.89. The predicted molar refractivity (Wildman–Crippen MR) is 177 cm³/mol. The second-order valence-electron chi connectivity index (χ2n) is 11.8. The number of benzene rings is 6. The number of para-hydroxylation sites is 3. The average molecular weight is 558 g/mol. The van der Waals surface area contributed by atoms with Crippen molar-refractivity contribution in [1.29, 1.82) is 0 Å². The van der Waals surface area contributed by atoms with E-state index in [1.807, 2.05) is 0 Å². The van der Waals surface area contributed by atoms with Crippen LogP contribution in [0.25, 0.3) is 0 Å². The van der Waals surface area contributed by atoms with Crippen molar-refractivity contribution >= 4 is 45.9 Å². The second-order valence-corrected chi connectivity index (χ2v) is 15.5. The quantitative estimate of drug-likeness (QED) is 0.212. The molecule has 0 N–H and O–H groups in total. The van der Waals surface area contributed by atoms with E-state index < -0.39 is 8.07 Å². The summed E-state index contributed by atoms with van der Waals surface area (Å²) in [7, 11) is -2.73. The lowest BCUT2D eigenvalue weighted by atomic mass is 9.73. The molecule has 2 aliphatic heterocycles. The first kappa shape index (κ1) is 24.9. The molecular weight excluding hydrogens is 527 g/mol. The minimum atomic E-state index is -2.73. The monoisotopic (exact) mass is 557 g/mol. The molecule has 2 aliphatic rings. The Morgan fingerprint density at radius 1 is 0.500 bits per heavy atom. The standard InChI is InChI=1S/C39H31NOSi/c1-39(2)31-19-9-11-21-33(31)40(34-22-12-10-20-32(34)39)28-25-26-36-38(27-28)42(29-15-5-3-6-16-29,30-17-7-4-8-18-30)37-24-14-13-23-35(37)41-36/h3-27H,1-2H3. The van der Waals surface area contributed by atoms with Gasteiger partial charge in [0, 0.05) is 11.1 Å². The van der Waals surface area contributed by atoms with Gasteiger partial charge in [0.05, 0.1) is 11.4 Å².